The molecule has 3 rings (SSSR count). The van der Waals surface area contributed by atoms with Gasteiger partial charge in [-0.25, -0.2) is 0 Å². The van der Waals surface area contributed by atoms with Crippen LogP contribution in [0.5, 0.6) is 0 Å². The molecule has 1 aliphatic carbocycles. The fourth-order valence-electron chi connectivity index (χ4n) is 3.96. The number of rotatable bonds is 5. The van der Waals surface area contributed by atoms with Crippen LogP contribution in [0.25, 0.3) is 0 Å². The van der Waals surface area contributed by atoms with Crippen LogP contribution in [0.2, 0.25) is 0 Å². The lowest BCUT2D eigenvalue weighted by Crippen LogP contribution is -2.50. The molecule has 0 heterocycles. The number of nitrogens with zero attached hydrogens (tertiary/aromatic N) is 1. The molecule has 1 atom stereocenters. The minimum absolute atomic E-state index is 0.115. The zero-order valence-electron chi connectivity index (χ0n) is 17.0. The predicted molar refractivity (Wildman–Crippen MR) is 113 cm³/mol. The second kappa shape index (κ2) is 7.82. The molecule has 0 amide bonds. The van der Waals surface area contributed by atoms with Gasteiger partial charge in [-0.15, -0.1) is 0 Å². The zero-order valence-corrected chi connectivity index (χ0v) is 17.8. The molecule has 0 aromatic heterocycles. The van der Waals surface area contributed by atoms with Crippen molar-refractivity contribution in [2.24, 2.45) is 0 Å². The summed E-state index contributed by atoms with van der Waals surface area (Å²) in [5, 5.41) is 1.61. The predicted octanol–water partition coefficient (Wildman–Crippen LogP) is 4.68. The van der Waals surface area contributed by atoms with Gasteiger partial charge in [-0.1, -0.05) is 72.8 Å². The molecule has 0 saturated heterocycles. The van der Waals surface area contributed by atoms with Crippen LogP contribution >= 0.6 is 0 Å². The summed E-state index contributed by atoms with van der Waals surface area (Å²) < 4.78 is 29.0. The van der Waals surface area contributed by atoms with E-state index in [4.69, 9.17) is 4.28 Å². The Bertz CT molecular complexity index is 876. The lowest BCUT2D eigenvalue weighted by molar-refractivity contribution is -0.144. The Balaban J connectivity index is 2.01. The van der Waals surface area contributed by atoms with Gasteiger partial charge in [0.1, 0.15) is 0 Å². The van der Waals surface area contributed by atoms with E-state index in [9.17, 15) is 8.42 Å². The molecular formula is C23H29NO3S. The summed E-state index contributed by atoms with van der Waals surface area (Å²) in [5.41, 5.74) is 1.80. The van der Waals surface area contributed by atoms with E-state index in [1.165, 1.54) is 11.1 Å². The second-order valence-electron chi connectivity index (χ2n) is 8.44. The average molecular weight is 400 g/mol. The first-order valence-electron chi connectivity index (χ1n) is 9.61. The summed E-state index contributed by atoms with van der Waals surface area (Å²) in [6.07, 6.45) is 7.06. The molecule has 0 aliphatic heterocycles. The number of hydroxylamine groups is 2. The van der Waals surface area contributed by atoms with Gasteiger partial charge >= 0.3 is 0 Å². The van der Waals surface area contributed by atoms with E-state index in [1.54, 1.807) is 5.06 Å². The lowest BCUT2D eigenvalue weighted by Gasteiger charge is -2.43. The van der Waals surface area contributed by atoms with Gasteiger partial charge in [-0.3, -0.25) is 0 Å². The highest BCUT2D eigenvalue weighted by molar-refractivity contribution is 7.85. The van der Waals surface area contributed by atoms with E-state index in [0.29, 0.717) is 0 Å². The van der Waals surface area contributed by atoms with Crippen molar-refractivity contribution in [3.8, 4) is 0 Å². The van der Waals surface area contributed by atoms with Gasteiger partial charge in [0.25, 0.3) is 10.1 Å². The Morgan fingerprint density at radius 2 is 1.46 bits per heavy atom. The Labute approximate surface area is 168 Å². The summed E-state index contributed by atoms with van der Waals surface area (Å²) in [7, 11) is -3.60. The van der Waals surface area contributed by atoms with Gasteiger partial charge < -0.3 is 0 Å². The maximum Gasteiger partial charge on any atom is 0.280 e. The van der Waals surface area contributed by atoms with Crippen molar-refractivity contribution in [1.29, 1.82) is 0 Å². The lowest BCUT2D eigenvalue weighted by atomic mass is 9.68. The number of allylic oxidation sites excluding steroid dienone is 1. The monoisotopic (exact) mass is 399 g/mol. The van der Waals surface area contributed by atoms with E-state index in [-0.39, 0.29) is 11.5 Å². The van der Waals surface area contributed by atoms with Crippen molar-refractivity contribution >= 4 is 10.1 Å². The molecule has 2 aromatic carbocycles. The molecule has 150 valence electrons. The second-order valence-corrected chi connectivity index (χ2v) is 10.0. The van der Waals surface area contributed by atoms with E-state index in [0.717, 1.165) is 19.1 Å². The van der Waals surface area contributed by atoms with Gasteiger partial charge in [-0.05, 0) is 44.7 Å². The molecule has 2 aromatic rings. The first-order chi connectivity index (χ1) is 13.1. The summed E-state index contributed by atoms with van der Waals surface area (Å²) in [6.45, 7) is 5.88. The maximum absolute atomic E-state index is 11.8. The molecule has 4 nitrogen and oxygen atoms in total. The van der Waals surface area contributed by atoms with Gasteiger partial charge in [0, 0.05) is 11.0 Å². The first kappa shape index (κ1) is 20.8. The van der Waals surface area contributed by atoms with Crippen molar-refractivity contribution in [3.05, 3.63) is 83.9 Å². The molecule has 0 fully saturated rings. The van der Waals surface area contributed by atoms with E-state index in [1.807, 2.05) is 32.9 Å². The third kappa shape index (κ3) is 4.54. The molecule has 0 bridgehead atoms. The fraction of sp³-hybridized carbons (Fsp3) is 0.391. The highest BCUT2D eigenvalue weighted by atomic mass is 32.2. The largest absolute Gasteiger partial charge is 0.280 e. The van der Waals surface area contributed by atoms with Crippen LogP contribution < -0.4 is 0 Å². The van der Waals surface area contributed by atoms with Gasteiger partial charge in [0.2, 0.25) is 0 Å². The Morgan fingerprint density at radius 1 is 0.964 bits per heavy atom. The summed E-state index contributed by atoms with van der Waals surface area (Å²) in [6, 6.07) is 20.8. The average Bonchev–Trinajstić information content (AvgIpc) is 2.66. The third-order valence-electron chi connectivity index (χ3n) is 5.19. The molecule has 0 N–H and O–H groups in total. The van der Waals surface area contributed by atoms with Crippen LogP contribution in [-0.4, -0.2) is 31.3 Å². The zero-order chi connectivity index (χ0) is 20.4. The Kier molecular flexibility index (Phi) is 5.80. The molecule has 0 radical (unpaired) electrons. The smallest absolute Gasteiger partial charge is 0.198 e. The molecule has 28 heavy (non-hydrogen) atoms. The van der Waals surface area contributed by atoms with Gasteiger partial charge in [-0.2, -0.15) is 17.8 Å². The van der Waals surface area contributed by atoms with Crippen LogP contribution in [0.15, 0.2) is 72.8 Å². The molecule has 1 unspecified atom stereocenters. The van der Waals surface area contributed by atoms with E-state index in [2.05, 4.69) is 60.7 Å². The van der Waals surface area contributed by atoms with Gasteiger partial charge in [0.15, 0.2) is 0 Å². The standard InChI is InChI=1S/C23H29NO3S/c1-22(2,3)24(27-28(4,25)26)21-15-17-23(18-16-21,19-11-7-5-8-12-19)20-13-9-6-10-14-20/h5-15,17,21H,16,18H2,1-4H3. The highest BCUT2D eigenvalue weighted by Crippen LogP contribution is 2.42. The van der Waals surface area contributed by atoms with Crippen molar-refractivity contribution < 1.29 is 12.7 Å². The summed E-state index contributed by atoms with van der Waals surface area (Å²) >= 11 is 0. The molecule has 5 heteroatoms. The van der Waals surface area contributed by atoms with Crippen molar-refractivity contribution in [1.82, 2.24) is 5.06 Å². The number of hydrogen-bond acceptors (Lipinski definition) is 4. The van der Waals surface area contributed by atoms with Gasteiger partial charge in [0.05, 0.1) is 12.3 Å². The SMILES string of the molecule is CC(C)(C)N(OS(C)(=O)=O)C1C=CC(c2ccccc2)(c2ccccc2)CC1. The molecule has 0 saturated carbocycles. The minimum atomic E-state index is -3.60. The van der Waals surface area contributed by atoms with Crippen LogP contribution in [0.1, 0.15) is 44.7 Å². The van der Waals surface area contributed by atoms with E-state index < -0.39 is 15.7 Å². The number of benzene rings is 2. The third-order valence-corrected chi connectivity index (χ3v) is 5.62. The fourth-order valence-corrected chi connectivity index (χ4v) is 4.58. The topological polar surface area (TPSA) is 46.6 Å². The van der Waals surface area contributed by atoms with Crippen LogP contribution in [-0.2, 0) is 19.8 Å². The minimum Gasteiger partial charge on any atom is -0.198 e. The van der Waals surface area contributed by atoms with Crippen LogP contribution in [0.4, 0.5) is 0 Å². The van der Waals surface area contributed by atoms with Crippen molar-refractivity contribution in [2.45, 2.75) is 50.6 Å². The normalized spacial score (nSPS) is 19.7. The summed E-state index contributed by atoms with van der Waals surface area (Å²) in [5.74, 6) is 0. The first-order valence-corrected chi connectivity index (χ1v) is 11.4. The quantitative estimate of drug-likeness (QED) is 0.541. The maximum atomic E-state index is 11.8. The summed E-state index contributed by atoms with van der Waals surface area (Å²) in [4.78, 5) is 0. The van der Waals surface area contributed by atoms with E-state index >= 15 is 0 Å². The highest BCUT2D eigenvalue weighted by Gasteiger charge is 2.39. The number of hydrogen-bond donors (Lipinski definition) is 0. The van der Waals surface area contributed by atoms with Crippen molar-refractivity contribution in [3.63, 3.8) is 0 Å². The van der Waals surface area contributed by atoms with Crippen LogP contribution in [0.3, 0.4) is 0 Å². The molecule has 0 spiro atoms. The molecule has 1 aliphatic rings. The molecular weight excluding hydrogens is 370 g/mol. The van der Waals surface area contributed by atoms with Crippen molar-refractivity contribution in [2.75, 3.05) is 6.26 Å². The Hall–Kier alpha value is -1.95. The Morgan fingerprint density at radius 3 is 1.82 bits per heavy atom. The van der Waals surface area contributed by atoms with Crippen LogP contribution in [0, 0.1) is 0 Å².